The molecule has 1 N–H and O–H groups in total. The summed E-state index contributed by atoms with van der Waals surface area (Å²) in [5, 5.41) is 0. The molecule has 2 atom stereocenters. The predicted octanol–water partition coefficient (Wildman–Crippen LogP) is 11.4. The Kier molecular flexibility index (Phi) is 35.2. The topological polar surface area (TPSA) is 122 Å². The molecule has 0 fully saturated rings. The zero-order valence-corrected chi connectivity index (χ0v) is 32.3. The first-order valence-electron chi connectivity index (χ1n) is 20.3. The van der Waals surface area contributed by atoms with Gasteiger partial charge in [-0.15, -0.1) is 0 Å². The van der Waals surface area contributed by atoms with Gasteiger partial charge in [0.25, 0.3) is 7.82 Å². The summed E-state index contributed by atoms with van der Waals surface area (Å²) in [6.07, 6.45) is 36.5. The van der Waals surface area contributed by atoms with Crippen molar-refractivity contribution in [2.45, 2.75) is 225 Å². The van der Waals surface area contributed by atoms with Crippen molar-refractivity contribution in [3.8, 4) is 0 Å². The average molecular weight is 704 g/mol. The van der Waals surface area contributed by atoms with Crippen molar-refractivity contribution in [2.24, 2.45) is 0 Å². The normalized spacial score (nSPS) is 13.3. The van der Waals surface area contributed by atoms with Crippen LogP contribution < -0.4 is 4.89 Å². The molecular formula is C39H76O8P-. The highest BCUT2D eigenvalue weighted by atomic mass is 31.2. The molecule has 0 aliphatic rings. The predicted molar refractivity (Wildman–Crippen MR) is 196 cm³/mol. The number of hydrogen-bond acceptors (Lipinski definition) is 7. The van der Waals surface area contributed by atoms with E-state index in [0.29, 0.717) is 6.42 Å². The quantitative estimate of drug-likeness (QED) is 0.0383. The molecule has 0 aromatic rings. The number of phosphoric acid groups is 1. The van der Waals surface area contributed by atoms with Crippen LogP contribution in [0.15, 0.2) is 0 Å². The van der Waals surface area contributed by atoms with Gasteiger partial charge >= 0.3 is 11.9 Å². The van der Waals surface area contributed by atoms with Crippen molar-refractivity contribution in [1.82, 2.24) is 0 Å². The highest BCUT2D eigenvalue weighted by Crippen LogP contribution is 2.30. The number of phosphoric ester groups is 1. The first-order chi connectivity index (χ1) is 23.3. The van der Waals surface area contributed by atoms with Gasteiger partial charge in [0.2, 0.25) is 0 Å². The van der Waals surface area contributed by atoms with E-state index in [2.05, 4.69) is 18.4 Å². The molecule has 0 saturated heterocycles. The van der Waals surface area contributed by atoms with Crippen LogP contribution in [0.4, 0.5) is 0 Å². The molecule has 0 amide bonds. The van der Waals surface area contributed by atoms with Crippen molar-refractivity contribution >= 4 is 19.8 Å². The smallest absolute Gasteiger partial charge is 0.306 e. The van der Waals surface area contributed by atoms with E-state index in [0.717, 1.165) is 38.5 Å². The molecule has 0 aromatic heterocycles. The second kappa shape index (κ2) is 35.9. The molecule has 0 rings (SSSR count). The standard InChI is InChI=1S/C39H77O8P/c1-3-5-7-9-11-13-15-17-19-21-23-25-27-29-31-33-38(40)45-35-37(36-46-48(42,43)44)47-39(41)34-32-30-28-26-24-22-20-18-16-14-12-10-8-6-4-2/h37H,3-36H2,1-2H3,(H2,42,43,44)/p-1/t37-/m1/s1. The Morgan fingerprint density at radius 1 is 0.500 bits per heavy atom. The number of rotatable bonds is 38. The minimum absolute atomic E-state index is 0.204. The minimum Gasteiger partial charge on any atom is -0.756 e. The van der Waals surface area contributed by atoms with Gasteiger partial charge in [0.05, 0.1) is 6.61 Å². The van der Waals surface area contributed by atoms with Crippen LogP contribution in [0.25, 0.3) is 0 Å². The van der Waals surface area contributed by atoms with E-state index in [1.807, 2.05) is 0 Å². The first kappa shape index (κ1) is 47.0. The van der Waals surface area contributed by atoms with E-state index in [9.17, 15) is 19.0 Å². The molecule has 1 unspecified atom stereocenters. The van der Waals surface area contributed by atoms with Gasteiger partial charge in [0, 0.05) is 12.8 Å². The second-order valence-corrected chi connectivity index (χ2v) is 15.2. The van der Waals surface area contributed by atoms with Crippen LogP contribution in [-0.2, 0) is 28.2 Å². The lowest BCUT2D eigenvalue weighted by Crippen LogP contribution is -2.30. The zero-order chi connectivity index (χ0) is 35.4. The highest BCUT2D eigenvalue weighted by molar-refractivity contribution is 7.44. The van der Waals surface area contributed by atoms with E-state index in [4.69, 9.17) is 14.4 Å². The van der Waals surface area contributed by atoms with Crippen molar-refractivity contribution in [2.75, 3.05) is 13.2 Å². The van der Waals surface area contributed by atoms with Crippen LogP contribution in [-0.4, -0.2) is 36.1 Å². The van der Waals surface area contributed by atoms with Crippen LogP contribution in [0.3, 0.4) is 0 Å². The minimum atomic E-state index is -4.99. The third kappa shape index (κ3) is 37.9. The average Bonchev–Trinajstić information content (AvgIpc) is 3.05. The van der Waals surface area contributed by atoms with Crippen LogP contribution in [0, 0.1) is 0 Å². The maximum atomic E-state index is 12.4. The van der Waals surface area contributed by atoms with Gasteiger partial charge in [-0.3, -0.25) is 14.2 Å². The Balaban J connectivity index is 3.88. The number of hydrogen-bond donors (Lipinski definition) is 1. The molecule has 8 nitrogen and oxygen atoms in total. The van der Waals surface area contributed by atoms with Crippen LogP contribution >= 0.6 is 7.82 Å². The van der Waals surface area contributed by atoms with Crippen LogP contribution in [0.5, 0.6) is 0 Å². The number of esters is 2. The summed E-state index contributed by atoms with van der Waals surface area (Å²) in [7, 11) is -4.99. The summed E-state index contributed by atoms with van der Waals surface area (Å²) in [5.41, 5.74) is 0. The highest BCUT2D eigenvalue weighted by Gasteiger charge is 2.19. The molecule has 0 radical (unpaired) electrons. The Morgan fingerprint density at radius 2 is 0.792 bits per heavy atom. The van der Waals surface area contributed by atoms with E-state index < -0.39 is 32.5 Å². The molecule has 9 heteroatoms. The zero-order valence-electron chi connectivity index (χ0n) is 31.4. The first-order valence-corrected chi connectivity index (χ1v) is 21.8. The third-order valence-electron chi connectivity index (χ3n) is 9.12. The molecule has 0 aliphatic carbocycles. The number of unbranched alkanes of at least 4 members (excludes halogenated alkanes) is 28. The van der Waals surface area contributed by atoms with Crippen molar-refractivity contribution < 1.29 is 37.9 Å². The molecule has 0 aliphatic heterocycles. The molecular weight excluding hydrogens is 627 g/mol. The van der Waals surface area contributed by atoms with Crippen molar-refractivity contribution in [3.63, 3.8) is 0 Å². The fourth-order valence-corrected chi connectivity index (χ4v) is 6.43. The molecule has 0 aromatic carbocycles. The Hall–Kier alpha value is -0.950. The molecule has 286 valence electrons. The monoisotopic (exact) mass is 704 g/mol. The summed E-state index contributed by atoms with van der Waals surface area (Å²) in [4.78, 5) is 44.6. The van der Waals surface area contributed by atoms with Crippen molar-refractivity contribution in [1.29, 1.82) is 0 Å². The van der Waals surface area contributed by atoms with Gasteiger partial charge < -0.3 is 23.8 Å². The van der Waals surface area contributed by atoms with Gasteiger partial charge in [-0.2, -0.15) is 0 Å². The van der Waals surface area contributed by atoms with Crippen molar-refractivity contribution in [3.05, 3.63) is 0 Å². The number of carbonyl (C=O) groups excluding carboxylic acids is 2. The summed E-state index contributed by atoms with van der Waals surface area (Å²) in [5.74, 6) is -0.905. The summed E-state index contributed by atoms with van der Waals surface area (Å²) in [6, 6.07) is 0. The largest absolute Gasteiger partial charge is 0.756 e. The van der Waals surface area contributed by atoms with Crippen LogP contribution in [0.1, 0.15) is 219 Å². The fourth-order valence-electron chi connectivity index (χ4n) is 6.08. The Labute approximate surface area is 295 Å². The lowest BCUT2D eigenvalue weighted by atomic mass is 10.0. The van der Waals surface area contributed by atoms with E-state index >= 15 is 0 Å². The second-order valence-electron chi connectivity index (χ2n) is 14.0. The fraction of sp³-hybridized carbons (Fsp3) is 0.949. The van der Waals surface area contributed by atoms with Crippen LogP contribution in [0.2, 0.25) is 0 Å². The lowest BCUT2D eigenvalue weighted by Gasteiger charge is -2.21. The molecule has 48 heavy (non-hydrogen) atoms. The maximum Gasteiger partial charge on any atom is 0.306 e. The summed E-state index contributed by atoms with van der Waals surface area (Å²) < 4.78 is 26.1. The van der Waals surface area contributed by atoms with E-state index in [-0.39, 0.29) is 19.4 Å². The molecule has 0 heterocycles. The van der Waals surface area contributed by atoms with E-state index in [1.54, 1.807) is 0 Å². The van der Waals surface area contributed by atoms with Gasteiger partial charge in [0.1, 0.15) is 6.61 Å². The number of ether oxygens (including phenoxy) is 2. The summed E-state index contributed by atoms with van der Waals surface area (Å²) in [6.45, 7) is 3.62. The molecule has 0 bridgehead atoms. The maximum absolute atomic E-state index is 12.4. The van der Waals surface area contributed by atoms with Gasteiger partial charge in [0.15, 0.2) is 6.10 Å². The van der Waals surface area contributed by atoms with Gasteiger partial charge in [-0.1, -0.05) is 194 Å². The SMILES string of the molecule is CCCCCCCCCCCCCCCCCC(=O)OC[C@H](COP(=O)([O-])O)OC(=O)CCCCCCCCCCCCCCCCC. The Morgan fingerprint density at radius 3 is 1.10 bits per heavy atom. The lowest BCUT2D eigenvalue weighted by molar-refractivity contribution is -0.223. The number of carbonyl (C=O) groups is 2. The Bertz CT molecular complexity index is 756. The van der Waals surface area contributed by atoms with Gasteiger partial charge in [-0.25, -0.2) is 0 Å². The van der Waals surface area contributed by atoms with E-state index in [1.165, 1.54) is 148 Å². The third-order valence-corrected chi connectivity index (χ3v) is 9.60. The van der Waals surface area contributed by atoms with Gasteiger partial charge in [-0.05, 0) is 12.8 Å². The summed E-state index contributed by atoms with van der Waals surface area (Å²) >= 11 is 0. The molecule has 0 saturated carbocycles. The molecule has 0 spiro atoms.